The number of aromatic nitrogens is 1. The van der Waals surface area contributed by atoms with Crippen molar-refractivity contribution in [2.75, 3.05) is 44.7 Å². The summed E-state index contributed by atoms with van der Waals surface area (Å²) in [7, 11) is 0. The highest BCUT2D eigenvalue weighted by Crippen LogP contribution is 2.41. The molecule has 4 aromatic rings. The molecule has 6 rings (SSSR count). The molecule has 3 aromatic carbocycles. The van der Waals surface area contributed by atoms with E-state index in [-0.39, 0.29) is 55.7 Å². The van der Waals surface area contributed by atoms with Crippen molar-refractivity contribution in [2.45, 2.75) is 110 Å². The van der Waals surface area contributed by atoms with Crippen LogP contribution < -0.4 is 36.8 Å². The second-order valence-electron chi connectivity index (χ2n) is 18.7. The van der Waals surface area contributed by atoms with E-state index in [2.05, 4.69) is 37.0 Å². The Balaban J connectivity index is 0.879. The number of halogens is 5. The summed E-state index contributed by atoms with van der Waals surface area (Å²) in [5.41, 5.74) is 2.69. The lowest BCUT2D eigenvalue weighted by molar-refractivity contribution is -0.144. The SMILES string of the molecule is Cc1ncsc1-c1ccc(CNC(=O)[C@@H]2CCCN2C(=O)[C@@H](NC(=O)C2(F)CC2)C(C)(C)C)c(OCC(=O)NCCCCCCNCCCONC(=O)c2ccc(F)c(F)c2Nc2ccc(I)cc2F)c1. The molecule has 1 saturated carbocycles. The number of benzene rings is 3. The van der Waals surface area contributed by atoms with Crippen LogP contribution in [0.3, 0.4) is 0 Å². The van der Waals surface area contributed by atoms with Gasteiger partial charge in [-0.1, -0.05) is 45.7 Å². The second-order valence-corrected chi connectivity index (χ2v) is 20.8. The minimum Gasteiger partial charge on any atom is -0.483 e. The highest BCUT2D eigenvalue weighted by molar-refractivity contribution is 14.1. The Kier molecular flexibility index (Phi) is 19.6. The van der Waals surface area contributed by atoms with Gasteiger partial charge in [0.25, 0.3) is 17.7 Å². The fourth-order valence-corrected chi connectivity index (χ4v) is 9.13. The summed E-state index contributed by atoms with van der Waals surface area (Å²) in [4.78, 5) is 77.9. The Morgan fingerprint density at radius 2 is 1.68 bits per heavy atom. The summed E-state index contributed by atoms with van der Waals surface area (Å²) in [5.74, 6) is -5.56. The zero-order valence-electron chi connectivity index (χ0n) is 40.2. The number of rotatable bonds is 25. The first-order valence-corrected chi connectivity index (χ1v) is 25.7. The highest BCUT2D eigenvalue weighted by Gasteiger charge is 2.53. The van der Waals surface area contributed by atoms with E-state index in [0.29, 0.717) is 53.8 Å². The fraction of sp³-hybridized carbons (Fsp3) is 0.480. The van der Waals surface area contributed by atoms with E-state index in [1.165, 1.54) is 28.4 Å². The molecule has 2 atom stereocenters. The third-order valence-electron chi connectivity index (χ3n) is 12.1. The first-order valence-electron chi connectivity index (χ1n) is 23.7. The number of likely N-dealkylation sites (tertiary alicyclic amines) is 1. The molecule has 5 amide bonds. The third kappa shape index (κ3) is 15.3. The van der Waals surface area contributed by atoms with E-state index in [9.17, 15) is 41.5 Å². The van der Waals surface area contributed by atoms with Gasteiger partial charge >= 0.3 is 0 Å². The van der Waals surface area contributed by atoms with Gasteiger partial charge in [0.05, 0.1) is 39.6 Å². The zero-order valence-corrected chi connectivity index (χ0v) is 43.2. The van der Waals surface area contributed by atoms with Crippen LogP contribution in [0.1, 0.15) is 100 Å². The summed E-state index contributed by atoms with van der Waals surface area (Å²) >= 11 is 3.38. The van der Waals surface area contributed by atoms with E-state index in [1.807, 2.05) is 47.7 Å². The number of hydrogen-bond donors (Lipinski definition) is 6. The number of nitrogens with zero attached hydrogens (tertiary/aromatic N) is 2. The number of hydrogen-bond acceptors (Lipinski definition) is 11. The van der Waals surface area contributed by atoms with Gasteiger partial charge in [0.15, 0.2) is 23.9 Å². The summed E-state index contributed by atoms with van der Waals surface area (Å²) in [6, 6.07) is 9.78. The number of amides is 5. The molecule has 6 N–H and O–H groups in total. The van der Waals surface area contributed by atoms with Gasteiger partial charge in [-0.3, -0.25) is 28.8 Å². The van der Waals surface area contributed by atoms with Crippen molar-refractivity contribution in [3.05, 3.63) is 91.9 Å². The average Bonchev–Trinajstić information content (AvgIpc) is 3.66. The lowest BCUT2D eigenvalue weighted by Gasteiger charge is -2.35. The van der Waals surface area contributed by atoms with Gasteiger partial charge in [-0.15, -0.1) is 11.3 Å². The average molecular weight is 1120 g/mol. The van der Waals surface area contributed by atoms with Crippen LogP contribution in [0.2, 0.25) is 0 Å². The van der Waals surface area contributed by atoms with Crippen molar-refractivity contribution in [3.63, 3.8) is 0 Å². The molecule has 1 aliphatic carbocycles. The number of thiazole rings is 1. The molecule has 1 aromatic heterocycles. The number of alkyl halides is 1. The van der Waals surface area contributed by atoms with Crippen LogP contribution in [-0.2, 0) is 30.6 Å². The van der Waals surface area contributed by atoms with Gasteiger partial charge < -0.3 is 36.2 Å². The first kappa shape index (κ1) is 54.9. The van der Waals surface area contributed by atoms with Gasteiger partial charge in [-0.2, -0.15) is 0 Å². The topological polar surface area (TPSA) is 192 Å². The van der Waals surface area contributed by atoms with Crippen LogP contribution in [0, 0.1) is 33.4 Å². The molecule has 2 aliphatic rings. The smallest absolute Gasteiger partial charge is 0.277 e. The van der Waals surface area contributed by atoms with Gasteiger partial charge in [0, 0.05) is 28.8 Å². The minimum atomic E-state index is -1.95. The number of nitrogens with one attached hydrogen (secondary N) is 6. The van der Waals surface area contributed by atoms with Crippen LogP contribution in [0.15, 0.2) is 54.0 Å². The lowest BCUT2D eigenvalue weighted by atomic mass is 9.85. The van der Waals surface area contributed by atoms with Gasteiger partial charge in [0.1, 0.15) is 23.7 Å². The molecule has 15 nitrogen and oxygen atoms in total. The zero-order chi connectivity index (χ0) is 51.3. The van der Waals surface area contributed by atoms with E-state index in [4.69, 9.17) is 9.57 Å². The van der Waals surface area contributed by atoms with Crippen molar-refractivity contribution < 1.29 is 51.1 Å². The molecule has 0 bridgehead atoms. The Morgan fingerprint density at radius 1 is 0.930 bits per heavy atom. The molecule has 71 heavy (non-hydrogen) atoms. The maximum atomic E-state index is 14.7. The minimum absolute atomic E-state index is 0.0578. The molecular weight excluding hydrogens is 1060 g/mol. The van der Waals surface area contributed by atoms with Crippen molar-refractivity contribution in [1.29, 1.82) is 0 Å². The number of unbranched alkanes of at least 4 members (excludes halogenated alkanes) is 3. The van der Waals surface area contributed by atoms with Crippen LogP contribution in [0.5, 0.6) is 5.75 Å². The van der Waals surface area contributed by atoms with Gasteiger partial charge in [0.2, 0.25) is 11.8 Å². The molecule has 0 unspecified atom stereocenters. The molecule has 384 valence electrons. The Labute approximate surface area is 428 Å². The quantitative estimate of drug-likeness (QED) is 0.0165. The van der Waals surface area contributed by atoms with E-state index in [0.717, 1.165) is 60.5 Å². The van der Waals surface area contributed by atoms with Crippen LogP contribution >= 0.6 is 33.9 Å². The van der Waals surface area contributed by atoms with Crippen LogP contribution in [-0.4, -0.2) is 96.6 Å². The number of carbonyl (C=O) groups excluding carboxylic acids is 5. The lowest BCUT2D eigenvalue weighted by Crippen LogP contribution is -2.58. The summed E-state index contributed by atoms with van der Waals surface area (Å²) in [5, 5.41) is 14.3. The Hall–Kier alpha value is -5.39. The fourth-order valence-electron chi connectivity index (χ4n) is 7.87. The molecular formula is C50H61F4IN8O7S. The van der Waals surface area contributed by atoms with Crippen molar-refractivity contribution >= 4 is 74.8 Å². The molecule has 1 aliphatic heterocycles. The van der Waals surface area contributed by atoms with Gasteiger partial charge in [-0.25, -0.2) is 28.0 Å². The van der Waals surface area contributed by atoms with Crippen molar-refractivity contribution in [3.8, 4) is 16.2 Å². The summed E-state index contributed by atoms with van der Waals surface area (Å²) in [6.45, 7) is 9.33. The first-order chi connectivity index (χ1) is 33.9. The largest absolute Gasteiger partial charge is 0.483 e. The monoisotopic (exact) mass is 1120 g/mol. The standard InChI is InChI=1S/C50H61F4IN8O7S/c1-30-43(71-29-59-30)31-12-13-32(27-58-46(66)38-11-9-23-63(38)47(67)44(49(2,3)4)61-48(68)50(54)18-19-50)39(25-31)69-28-40(64)57-22-8-6-5-7-20-56-21-10-24-70-62-45(65)34-15-16-35(51)41(53)42(34)60-37-17-14-33(55)26-36(37)52/h12-17,25-26,29,38,44,56,60H,5-11,18-24,27-28H2,1-4H3,(H,57,64)(H,58,66)(H,61,68)(H,62,65)/t38-,44+/m0/s1. The van der Waals surface area contributed by atoms with Crippen LogP contribution in [0.4, 0.5) is 28.9 Å². The molecule has 21 heteroatoms. The second kappa shape index (κ2) is 25.3. The predicted octanol–water partition coefficient (Wildman–Crippen LogP) is 7.92. The molecule has 2 heterocycles. The molecule has 1 saturated heterocycles. The number of hydroxylamine groups is 1. The number of anilines is 2. The molecule has 2 fully saturated rings. The summed E-state index contributed by atoms with van der Waals surface area (Å²) < 4.78 is 64.4. The van der Waals surface area contributed by atoms with E-state index < -0.39 is 64.0 Å². The van der Waals surface area contributed by atoms with Crippen molar-refractivity contribution in [1.82, 2.24) is 36.6 Å². The van der Waals surface area contributed by atoms with Crippen molar-refractivity contribution in [2.24, 2.45) is 5.41 Å². The number of aryl methyl sites for hydroxylation is 1. The molecule has 0 radical (unpaired) electrons. The molecule has 0 spiro atoms. The van der Waals surface area contributed by atoms with E-state index >= 15 is 0 Å². The number of carbonyl (C=O) groups is 5. The van der Waals surface area contributed by atoms with E-state index in [1.54, 1.807) is 32.3 Å². The third-order valence-corrected chi connectivity index (χ3v) is 13.8. The highest BCUT2D eigenvalue weighted by atomic mass is 127. The number of ether oxygens (including phenoxy) is 1. The predicted molar refractivity (Wildman–Crippen MR) is 270 cm³/mol. The normalized spacial score (nSPS) is 15.5. The van der Waals surface area contributed by atoms with Gasteiger partial charge in [-0.05, 0) is 135 Å². The maximum absolute atomic E-state index is 14.7. The summed E-state index contributed by atoms with van der Waals surface area (Å²) in [6.07, 6.45) is 5.25. The maximum Gasteiger partial charge on any atom is 0.277 e. The Bertz CT molecular complexity index is 2540. The van der Waals surface area contributed by atoms with Crippen LogP contribution in [0.25, 0.3) is 10.4 Å². The Morgan fingerprint density at radius 3 is 2.38 bits per heavy atom.